The van der Waals surface area contributed by atoms with Gasteiger partial charge in [-0.1, -0.05) is 37.6 Å². The van der Waals surface area contributed by atoms with Crippen molar-refractivity contribution < 1.29 is 9.90 Å². The molecule has 1 amide bonds. The van der Waals surface area contributed by atoms with Crippen molar-refractivity contribution in [1.29, 1.82) is 0 Å². The van der Waals surface area contributed by atoms with Crippen LogP contribution in [0.2, 0.25) is 5.02 Å². The number of rotatable bonds is 6. The summed E-state index contributed by atoms with van der Waals surface area (Å²) in [4.78, 5) is 14.5. The van der Waals surface area contributed by atoms with E-state index in [1.54, 1.807) is 4.90 Å². The summed E-state index contributed by atoms with van der Waals surface area (Å²) in [6, 6.07) is 7.50. The fourth-order valence-electron chi connectivity index (χ4n) is 2.39. The molecule has 1 aromatic rings. The molecular formula is C16H24ClNO2. The SMILES string of the molecule is CC(C)C(C(=O)N(CCO)C(C)C)c1ccc(Cl)cc1. The van der Waals surface area contributed by atoms with Crippen LogP contribution in [0.15, 0.2) is 24.3 Å². The second-order valence-corrected chi connectivity index (χ2v) is 6.06. The van der Waals surface area contributed by atoms with Crippen LogP contribution in [0.1, 0.15) is 39.2 Å². The van der Waals surface area contributed by atoms with Crippen molar-refractivity contribution in [3.63, 3.8) is 0 Å². The summed E-state index contributed by atoms with van der Waals surface area (Å²) in [7, 11) is 0. The largest absolute Gasteiger partial charge is 0.395 e. The summed E-state index contributed by atoms with van der Waals surface area (Å²) in [5.41, 5.74) is 0.970. The van der Waals surface area contributed by atoms with Gasteiger partial charge in [-0.05, 0) is 37.5 Å². The van der Waals surface area contributed by atoms with E-state index in [4.69, 9.17) is 16.7 Å². The van der Waals surface area contributed by atoms with Crippen LogP contribution < -0.4 is 0 Å². The smallest absolute Gasteiger partial charge is 0.230 e. The molecule has 1 rings (SSSR count). The lowest BCUT2D eigenvalue weighted by Crippen LogP contribution is -2.43. The Morgan fingerprint density at radius 1 is 1.20 bits per heavy atom. The molecule has 0 heterocycles. The normalized spacial score (nSPS) is 12.8. The first-order valence-corrected chi connectivity index (χ1v) is 7.43. The van der Waals surface area contributed by atoms with Gasteiger partial charge in [-0.2, -0.15) is 0 Å². The Bertz CT molecular complexity index is 429. The van der Waals surface area contributed by atoms with Crippen LogP contribution in [-0.4, -0.2) is 35.1 Å². The van der Waals surface area contributed by atoms with Gasteiger partial charge in [-0.15, -0.1) is 0 Å². The summed E-state index contributed by atoms with van der Waals surface area (Å²) in [6.45, 7) is 8.35. The molecule has 20 heavy (non-hydrogen) atoms. The van der Waals surface area contributed by atoms with Gasteiger partial charge in [0, 0.05) is 17.6 Å². The molecule has 1 atom stereocenters. The minimum absolute atomic E-state index is 0.0185. The van der Waals surface area contributed by atoms with Crippen LogP contribution >= 0.6 is 11.6 Å². The Morgan fingerprint density at radius 2 is 1.75 bits per heavy atom. The van der Waals surface area contributed by atoms with E-state index in [-0.39, 0.29) is 30.4 Å². The van der Waals surface area contributed by atoms with Gasteiger partial charge < -0.3 is 10.0 Å². The highest BCUT2D eigenvalue weighted by Crippen LogP contribution is 2.28. The number of halogens is 1. The fraction of sp³-hybridized carbons (Fsp3) is 0.562. The van der Waals surface area contributed by atoms with Gasteiger partial charge in [-0.25, -0.2) is 0 Å². The van der Waals surface area contributed by atoms with Crippen molar-refractivity contribution >= 4 is 17.5 Å². The molecular weight excluding hydrogens is 274 g/mol. The van der Waals surface area contributed by atoms with Gasteiger partial charge in [0.25, 0.3) is 0 Å². The number of hydrogen-bond acceptors (Lipinski definition) is 2. The van der Waals surface area contributed by atoms with Gasteiger partial charge in [0.05, 0.1) is 12.5 Å². The van der Waals surface area contributed by atoms with Crippen molar-refractivity contribution in [3.05, 3.63) is 34.9 Å². The monoisotopic (exact) mass is 297 g/mol. The van der Waals surface area contributed by atoms with E-state index in [2.05, 4.69) is 0 Å². The van der Waals surface area contributed by atoms with Crippen LogP contribution in [0, 0.1) is 5.92 Å². The summed E-state index contributed by atoms with van der Waals surface area (Å²) in [6.07, 6.45) is 0. The molecule has 0 saturated carbocycles. The highest BCUT2D eigenvalue weighted by atomic mass is 35.5. The lowest BCUT2D eigenvalue weighted by Gasteiger charge is -2.32. The van der Waals surface area contributed by atoms with Gasteiger partial charge in [0.2, 0.25) is 5.91 Å². The zero-order valence-electron chi connectivity index (χ0n) is 12.6. The number of carbonyl (C=O) groups is 1. The maximum absolute atomic E-state index is 12.8. The first-order valence-electron chi connectivity index (χ1n) is 7.05. The van der Waals surface area contributed by atoms with E-state index in [1.807, 2.05) is 52.0 Å². The van der Waals surface area contributed by atoms with Crippen molar-refractivity contribution in [3.8, 4) is 0 Å². The standard InChI is InChI=1S/C16H24ClNO2/c1-11(2)15(13-5-7-14(17)8-6-13)16(20)18(9-10-19)12(3)4/h5-8,11-12,15,19H,9-10H2,1-4H3. The lowest BCUT2D eigenvalue weighted by molar-refractivity contribution is -0.136. The Hall–Kier alpha value is -1.06. The number of benzene rings is 1. The second kappa shape index (κ2) is 7.65. The molecule has 3 nitrogen and oxygen atoms in total. The van der Waals surface area contributed by atoms with Gasteiger partial charge >= 0.3 is 0 Å². The number of aliphatic hydroxyl groups excluding tert-OH is 1. The lowest BCUT2D eigenvalue weighted by atomic mass is 9.87. The molecule has 112 valence electrons. The van der Waals surface area contributed by atoms with Crippen molar-refractivity contribution in [2.45, 2.75) is 39.7 Å². The number of aliphatic hydroxyl groups is 1. The molecule has 0 aliphatic heterocycles. The molecule has 0 spiro atoms. The van der Waals surface area contributed by atoms with E-state index in [9.17, 15) is 4.79 Å². The average molecular weight is 298 g/mol. The van der Waals surface area contributed by atoms with Crippen LogP contribution in [0.25, 0.3) is 0 Å². The quantitative estimate of drug-likeness (QED) is 0.875. The number of hydrogen-bond donors (Lipinski definition) is 1. The molecule has 0 bridgehead atoms. The Kier molecular flexibility index (Phi) is 6.50. The minimum Gasteiger partial charge on any atom is -0.395 e. The summed E-state index contributed by atoms with van der Waals surface area (Å²) in [5.74, 6) is 0.0382. The van der Waals surface area contributed by atoms with Gasteiger partial charge in [0.1, 0.15) is 0 Å². The number of amides is 1. The van der Waals surface area contributed by atoms with Crippen molar-refractivity contribution in [2.24, 2.45) is 5.92 Å². The maximum atomic E-state index is 12.8. The molecule has 0 aromatic heterocycles. The minimum atomic E-state index is -0.207. The second-order valence-electron chi connectivity index (χ2n) is 5.62. The fourth-order valence-corrected chi connectivity index (χ4v) is 2.52. The summed E-state index contributed by atoms with van der Waals surface area (Å²) in [5, 5.41) is 9.82. The molecule has 0 aliphatic carbocycles. The van der Waals surface area contributed by atoms with E-state index in [0.717, 1.165) is 5.56 Å². The average Bonchev–Trinajstić information content (AvgIpc) is 2.37. The topological polar surface area (TPSA) is 40.5 Å². The number of carbonyl (C=O) groups excluding carboxylic acids is 1. The van der Waals surface area contributed by atoms with Crippen LogP contribution in [0.4, 0.5) is 0 Å². The molecule has 1 aromatic carbocycles. The molecule has 4 heteroatoms. The van der Waals surface area contributed by atoms with E-state index in [1.165, 1.54) is 0 Å². The predicted octanol–water partition coefficient (Wildman–Crippen LogP) is 3.31. The summed E-state index contributed by atoms with van der Waals surface area (Å²) >= 11 is 5.91. The van der Waals surface area contributed by atoms with Crippen molar-refractivity contribution in [2.75, 3.05) is 13.2 Å². The van der Waals surface area contributed by atoms with Gasteiger partial charge in [-0.3, -0.25) is 4.79 Å². The maximum Gasteiger partial charge on any atom is 0.230 e. The van der Waals surface area contributed by atoms with E-state index in [0.29, 0.717) is 11.6 Å². The highest BCUT2D eigenvalue weighted by Gasteiger charge is 2.29. The van der Waals surface area contributed by atoms with Gasteiger partial charge in [0.15, 0.2) is 0 Å². The van der Waals surface area contributed by atoms with Crippen molar-refractivity contribution in [1.82, 2.24) is 4.90 Å². The molecule has 1 N–H and O–H groups in total. The third kappa shape index (κ3) is 4.22. The molecule has 0 radical (unpaired) electrons. The first kappa shape index (κ1) is 17.0. The first-order chi connectivity index (χ1) is 9.38. The zero-order chi connectivity index (χ0) is 15.3. The molecule has 0 fully saturated rings. The number of nitrogens with zero attached hydrogens (tertiary/aromatic N) is 1. The third-order valence-corrected chi connectivity index (χ3v) is 3.66. The Balaban J connectivity index is 3.06. The highest BCUT2D eigenvalue weighted by molar-refractivity contribution is 6.30. The van der Waals surface area contributed by atoms with E-state index < -0.39 is 0 Å². The zero-order valence-corrected chi connectivity index (χ0v) is 13.4. The Morgan fingerprint density at radius 3 is 2.15 bits per heavy atom. The molecule has 0 aliphatic rings. The van der Waals surface area contributed by atoms with E-state index >= 15 is 0 Å². The molecule has 1 unspecified atom stereocenters. The predicted molar refractivity (Wildman–Crippen MR) is 83.0 cm³/mol. The van der Waals surface area contributed by atoms with Crippen LogP contribution in [0.5, 0.6) is 0 Å². The summed E-state index contributed by atoms with van der Waals surface area (Å²) < 4.78 is 0. The van der Waals surface area contributed by atoms with Crippen LogP contribution in [-0.2, 0) is 4.79 Å². The third-order valence-electron chi connectivity index (χ3n) is 3.41. The Labute approximate surface area is 126 Å². The van der Waals surface area contributed by atoms with Crippen LogP contribution in [0.3, 0.4) is 0 Å². The molecule has 0 saturated heterocycles.